The molecule has 1 atom stereocenters. The predicted octanol–water partition coefficient (Wildman–Crippen LogP) is 1.50. The first kappa shape index (κ1) is 8.75. The molecule has 0 amide bonds. The summed E-state index contributed by atoms with van der Waals surface area (Å²) < 4.78 is 1.99. The second-order valence-corrected chi connectivity index (χ2v) is 3.95. The molecule has 1 unspecified atom stereocenters. The van der Waals surface area contributed by atoms with E-state index in [0.29, 0.717) is 0 Å². The molecule has 0 aliphatic carbocycles. The van der Waals surface area contributed by atoms with E-state index in [2.05, 4.69) is 30.5 Å². The van der Waals surface area contributed by atoms with Gasteiger partial charge >= 0.3 is 0 Å². The molecule has 1 saturated heterocycles. The molecule has 0 saturated carbocycles. The number of nitrogens with one attached hydrogen (secondary N) is 1. The summed E-state index contributed by atoms with van der Waals surface area (Å²) in [7, 11) is 0. The molecule has 1 aliphatic heterocycles. The molecule has 1 aromatic rings. The summed E-state index contributed by atoms with van der Waals surface area (Å²) in [6, 6.07) is 0. The Bertz CT molecular complexity index is 284. The van der Waals surface area contributed by atoms with Gasteiger partial charge in [-0.3, -0.25) is 4.68 Å². The molecule has 3 heteroatoms. The molecule has 0 radical (unpaired) electrons. The number of nitrogens with zero attached hydrogens (tertiary/aromatic N) is 2. The van der Waals surface area contributed by atoms with Crippen molar-refractivity contribution in [1.29, 1.82) is 0 Å². The summed E-state index contributed by atoms with van der Waals surface area (Å²) in [5.74, 6) is 0. The van der Waals surface area contributed by atoms with Crippen LogP contribution in [0, 0.1) is 0 Å². The number of hydrogen-bond acceptors (Lipinski definition) is 2. The van der Waals surface area contributed by atoms with Crippen molar-refractivity contribution in [3.8, 4) is 0 Å². The average molecular weight is 179 g/mol. The zero-order valence-corrected chi connectivity index (χ0v) is 8.38. The normalized spacial score (nSPS) is 28.2. The molecule has 2 heterocycles. The zero-order valence-electron chi connectivity index (χ0n) is 8.38. The van der Waals surface area contributed by atoms with E-state index < -0.39 is 0 Å². The van der Waals surface area contributed by atoms with Gasteiger partial charge in [0.2, 0.25) is 0 Å². The lowest BCUT2D eigenvalue weighted by Crippen LogP contribution is -2.32. The number of aryl methyl sites for hydroxylation is 1. The van der Waals surface area contributed by atoms with Crippen molar-refractivity contribution in [2.45, 2.75) is 38.8 Å². The van der Waals surface area contributed by atoms with Crippen molar-refractivity contribution < 1.29 is 0 Å². The molecule has 1 fully saturated rings. The van der Waals surface area contributed by atoms with Crippen LogP contribution < -0.4 is 5.32 Å². The SMILES string of the molecule is CCn1cc(C2(C)CCCN2)cn1. The minimum absolute atomic E-state index is 0.174. The van der Waals surface area contributed by atoms with Crippen LogP contribution in [0.15, 0.2) is 12.4 Å². The minimum atomic E-state index is 0.174. The Kier molecular flexibility index (Phi) is 2.12. The fourth-order valence-electron chi connectivity index (χ4n) is 1.96. The third-order valence-electron chi connectivity index (χ3n) is 2.96. The van der Waals surface area contributed by atoms with Gasteiger partial charge in [-0.25, -0.2) is 0 Å². The first-order chi connectivity index (χ1) is 6.24. The molecule has 2 rings (SSSR count). The van der Waals surface area contributed by atoms with Gasteiger partial charge in [0.15, 0.2) is 0 Å². The fraction of sp³-hybridized carbons (Fsp3) is 0.700. The van der Waals surface area contributed by atoms with E-state index in [1.165, 1.54) is 18.4 Å². The second-order valence-electron chi connectivity index (χ2n) is 3.95. The Labute approximate surface area is 79.1 Å². The number of hydrogen-bond donors (Lipinski definition) is 1. The molecule has 0 aromatic carbocycles. The number of aromatic nitrogens is 2. The van der Waals surface area contributed by atoms with Crippen LogP contribution in [0.5, 0.6) is 0 Å². The molecule has 1 N–H and O–H groups in total. The largest absolute Gasteiger partial charge is 0.308 e. The quantitative estimate of drug-likeness (QED) is 0.745. The van der Waals surface area contributed by atoms with Gasteiger partial charge in [0.05, 0.1) is 6.20 Å². The lowest BCUT2D eigenvalue weighted by Gasteiger charge is -2.22. The van der Waals surface area contributed by atoms with Crippen LogP contribution in [0.2, 0.25) is 0 Å². The molecule has 1 aromatic heterocycles. The second kappa shape index (κ2) is 3.14. The van der Waals surface area contributed by atoms with Crippen molar-refractivity contribution in [1.82, 2.24) is 15.1 Å². The summed E-state index contributed by atoms with van der Waals surface area (Å²) in [6.45, 7) is 6.46. The first-order valence-corrected chi connectivity index (χ1v) is 5.02. The van der Waals surface area contributed by atoms with E-state index in [1.807, 2.05) is 10.9 Å². The molecule has 1 aliphatic rings. The van der Waals surface area contributed by atoms with Gasteiger partial charge in [-0.05, 0) is 33.2 Å². The molecular weight excluding hydrogens is 162 g/mol. The van der Waals surface area contributed by atoms with Crippen molar-refractivity contribution in [3.63, 3.8) is 0 Å². The number of rotatable bonds is 2. The van der Waals surface area contributed by atoms with Crippen molar-refractivity contribution >= 4 is 0 Å². The van der Waals surface area contributed by atoms with Gasteiger partial charge in [-0.15, -0.1) is 0 Å². The maximum absolute atomic E-state index is 4.30. The van der Waals surface area contributed by atoms with E-state index >= 15 is 0 Å². The minimum Gasteiger partial charge on any atom is -0.308 e. The standard InChI is InChI=1S/C10H17N3/c1-3-13-8-9(7-12-13)10(2)5-4-6-11-10/h7-8,11H,3-6H2,1-2H3. The molecular formula is C10H17N3. The van der Waals surface area contributed by atoms with Gasteiger partial charge in [0.25, 0.3) is 0 Å². The summed E-state index contributed by atoms with van der Waals surface area (Å²) in [4.78, 5) is 0. The Hall–Kier alpha value is -0.830. The highest BCUT2D eigenvalue weighted by molar-refractivity contribution is 5.18. The van der Waals surface area contributed by atoms with E-state index in [-0.39, 0.29) is 5.54 Å². The lowest BCUT2D eigenvalue weighted by atomic mass is 9.93. The first-order valence-electron chi connectivity index (χ1n) is 5.02. The Morgan fingerprint density at radius 2 is 2.54 bits per heavy atom. The summed E-state index contributed by atoms with van der Waals surface area (Å²) >= 11 is 0. The topological polar surface area (TPSA) is 29.9 Å². The molecule has 0 spiro atoms. The maximum atomic E-state index is 4.30. The average Bonchev–Trinajstić information content (AvgIpc) is 2.72. The smallest absolute Gasteiger partial charge is 0.0540 e. The predicted molar refractivity (Wildman–Crippen MR) is 52.5 cm³/mol. The van der Waals surface area contributed by atoms with Gasteiger partial charge in [0, 0.05) is 23.8 Å². The lowest BCUT2D eigenvalue weighted by molar-refractivity contribution is 0.434. The van der Waals surface area contributed by atoms with Crippen LogP contribution in [0.25, 0.3) is 0 Å². The highest BCUT2D eigenvalue weighted by Gasteiger charge is 2.30. The zero-order chi connectivity index (χ0) is 9.31. The van der Waals surface area contributed by atoms with Gasteiger partial charge < -0.3 is 5.32 Å². The van der Waals surface area contributed by atoms with E-state index in [1.54, 1.807) is 0 Å². The van der Waals surface area contributed by atoms with Crippen LogP contribution in [0.1, 0.15) is 32.3 Å². The summed E-state index contributed by atoms with van der Waals surface area (Å²) in [6.07, 6.45) is 6.64. The Morgan fingerprint density at radius 1 is 1.69 bits per heavy atom. The van der Waals surface area contributed by atoms with Gasteiger partial charge in [-0.1, -0.05) is 0 Å². The highest BCUT2D eigenvalue weighted by atomic mass is 15.3. The maximum Gasteiger partial charge on any atom is 0.0540 e. The molecule has 0 bridgehead atoms. The van der Waals surface area contributed by atoms with Crippen molar-refractivity contribution in [2.75, 3.05) is 6.54 Å². The van der Waals surface area contributed by atoms with Crippen molar-refractivity contribution in [3.05, 3.63) is 18.0 Å². The van der Waals surface area contributed by atoms with Gasteiger partial charge in [0.1, 0.15) is 0 Å². The summed E-state index contributed by atoms with van der Waals surface area (Å²) in [5.41, 5.74) is 1.50. The van der Waals surface area contributed by atoms with E-state index in [4.69, 9.17) is 0 Å². The van der Waals surface area contributed by atoms with Crippen LogP contribution in [0.3, 0.4) is 0 Å². The summed E-state index contributed by atoms with van der Waals surface area (Å²) in [5, 5.41) is 7.83. The van der Waals surface area contributed by atoms with Crippen LogP contribution in [-0.4, -0.2) is 16.3 Å². The molecule has 3 nitrogen and oxygen atoms in total. The third-order valence-corrected chi connectivity index (χ3v) is 2.96. The molecule has 72 valence electrons. The van der Waals surface area contributed by atoms with Crippen LogP contribution in [-0.2, 0) is 12.1 Å². The monoisotopic (exact) mass is 179 g/mol. The Balaban J connectivity index is 2.23. The fourth-order valence-corrected chi connectivity index (χ4v) is 1.96. The van der Waals surface area contributed by atoms with Crippen LogP contribution in [0.4, 0.5) is 0 Å². The third kappa shape index (κ3) is 1.48. The van der Waals surface area contributed by atoms with E-state index in [9.17, 15) is 0 Å². The van der Waals surface area contributed by atoms with E-state index in [0.717, 1.165) is 13.1 Å². The highest BCUT2D eigenvalue weighted by Crippen LogP contribution is 2.29. The van der Waals surface area contributed by atoms with Gasteiger partial charge in [-0.2, -0.15) is 5.10 Å². The molecule has 13 heavy (non-hydrogen) atoms. The Morgan fingerprint density at radius 3 is 3.08 bits per heavy atom. The van der Waals surface area contributed by atoms with Crippen molar-refractivity contribution in [2.24, 2.45) is 0 Å². The van der Waals surface area contributed by atoms with Crippen LogP contribution >= 0.6 is 0 Å².